The fourth-order valence-corrected chi connectivity index (χ4v) is 5.27. The number of nitrogens with one attached hydrogen (secondary N) is 1. The number of hydrogen-bond acceptors (Lipinski definition) is 8. The fourth-order valence-electron chi connectivity index (χ4n) is 5.27. The van der Waals surface area contributed by atoms with E-state index >= 15 is 0 Å². The summed E-state index contributed by atoms with van der Waals surface area (Å²) in [5, 5.41) is 13.5. The molecule has 4 aromatic rings. The second-order valence-corrected chi connectivity index (χ2v) is 11.4. The van der Waals surface area contributed by atoms with Gasteiger partial charge in [0.05, 0.1) is 45.7 Å². The number of benzene rings is 4. The Balaban J connectivity index is 1.70. The van der Waals surface area contributed by atoms with E-state index < -0.39 is 48.9 Å². The Morgan fingerprint density at radius 2 is 1.00 bits per heavy atom. The van der Waals surface area contributed by atoms with Gasteiger partial charge in [-0.25, -0.2) is 0 Å². The van der Waals surface area contributed by atoms with E-state index in [4.69, 9.17) is 23.7 Å². The third kappa shape index (κ3) is 12.3. The van der Waals surface area contributed by atoms with E-state index in [1.54, 1.807) is 0 Å². The first-order valence-corrected chi connectivity index (χ1v) is 16.1. The zero-order valence-electron chi connectivity index (χ0n) is 27.5. The molecule has 0 aliphatic carbocycles. The quantitative estimate of drug-likeness (QED) is 0.122. The lowest BCUT2D eigenvalue weighted by Gasteiger charge is -2.39. The monoisotopic (exact) mass is 655 g/mol. The maximum atomic E-state index is 12.7. The van der Waals surface area contributed by atoms with Crippen LogP contribution in [0.15, 0.2) is 121 Å². The number of hydrogen-bond donors (Lipinski definition) is 2. The minimum absolute atomic E-state index is 0.0698. The number of aliphatic hydroxyl groups excluding tert-OH is 1. The molecular formula is C39H45NO8. The zero-order chi connectivity index (χ0) is 34.0. The maximum absolute atomic E-state index is 12.7. The summed E-state index contributed by atoms with van der Waals surface area (Å²) in [6.45, 7) is 3.07. The average Bonchev–Trinajstić information content (AvgIpc) is 3.11. The van der Waals surface area contributed by atoms with Crippen molar-refractivity contribution in [3.63, 3.8) is 0 Å². The molecule has 0 aromatic heterocycles. The van der Waals surface area contributed by atoms with E-state index in [9.17, 15) is 14.7 Å². The van der Waals surface area contributed by atoms with Crippen LogP contribution in [0, 0.1) is 0 Å². The highest BCUT2D eigenvalue weighted by molar-refractivity contribution is 5.73. The summed E-state index contributed by atoms with van der Waals surface area (Å²) in [7, 11) is 0. The molecule has 2 N–H and O–H groups in total. The van der Waals surface area contributed by atoms with Gasteiger partial charge in [-0.3, -0.25) is 9.59 Å². The molecule has 254 valence electrons. The Hall–Kier alpha value is -4.38. The number of ether oxygens (including phenoxy) is 5. The lowest BCUT2D eigenvalue weighted by Crippen LogP contribution is -2.61. The Labute approximate surface area is 282 Å². The van der Waals surface area contributed by atoms with Crippen LogP contribution in [0.4, 0.5) is 0 Å². The van der Waals surface area contributed by atoms with Gasteiger partial charge in [0.15, 0.2) is 6.10 Å². The summed E-state index contributed by atoms with van der Waals surface area (Å²) in [6, 6.07) is 37.4. The van der Waals surface area contributed by atoms with Crippen LogP contribution >= 0.6 is 0 Å². The smallest absolute Gasteiger partial charge is 0.303 e. The van der Waals surface area contributed by atoms with Crippen molar-refractivity contribution in [3.05, 3.63) is 144 Å². The topological polar surface area (TPSA) is 113 Å². The molecule has 0 radical (unpaired) electrons. The number of aliphatic hydroxyl groups is 1. The van der Waals surface area contributed by atoms with Crippen LogP contribution in [-0.4, -0.2) is 60.7 Å². The molecule has 0 saturated heterocycles. The van der Waals surface area contributed by atoms with Gasteiger partial charge in [-0.15, -0.1) is 0 Å². The highest BCUT2D eigenvalue weighted by atomic mass is 16.6. The number of carbonyl (C=O) groups excluding carboxylic acids is 2. The molecule has 0 heterocycles. The molecule has 1 amide bonds. The second-order valence-electron chi connectivity index (χ2n) is 11.4. The molecule has 4 rings (SSSR count). The Morgan fingerprint density at radius 1 is 0.583 bits per heavy atom. The van der Waals surface area contributed by atoms with Crippen LogP contribution in [0.2, 0.25) is 0 Å². The Kier molecular flexibility index (Phi) is 15.3. The second kappa shape index (κ2) is 20.1. The standard InChI is InChI=1S/C39H45NO8/c1-29(42)40-37(35(23-41)45-25-32-17-9-4-10-18-32)39(48-30(2)43)38(47-27-34-21-13-6-14-22-34)36(46-26-33-19-11-5-12-20-33)28-44-24-31-15-7-3-8-16-31/h3-22,35-39,41H,23-28H2,1-2H3,(H,40,42)/t35-,36+,37+,38+,39?/m0/s1. The van der Waals surface area contributed by atoms with Crippen molar-refractivity contribution in [3.8, 4) is 0 Å². The number of esters is 1. The van der Waals surface area contributed by atoms with Gasteiger partial charge in [-0.2, -0.15) is 0 Å². The number of rotatable bonds is 20. The van der Waals surface area contributed by atoms with Crippen molar-refractivity contribution in [1.82, 2.24) is 5.32 Å². The molecule has 9 heteroatoms. The highest BCUT2D eigenvalue weighted by Crippen LogP contribution is 2.24. The number of amides is 1. The largest absolute Gasteiger partial charge is 0.457 e. The average molecular weight is 656 g/mol. The fraction of sp³-hybridized carbons (Fsp3) is 0.333. The Morgan fingerprint density at radius 3 is 1.42 bits per heavy atom. The summed E-state index contributed by atoms with van der Waals surface area (Å²) in [6.07, 6.45) is -3.88. The Bertz CT molecular complexity index is 1470. The van der Waals surface area contributed by atoms with Crippen LogP contribution in [0.5, 0.6) is 0 Å². The van der Waals surface area contributed by atoms with Gasteiger partial charge in [0, 0.05) is 13.8 Å². The minimum Gasteiger partial charge on any atom is -0.457 e. The van der Waals surface area contributed by atoms with Crippen molar-refractivity contribution in [2.75, 3.05) is 13.2 Å². The van der Waals surface area contributed by atoms with Crippen molar-refractivity contribution in [2.24, 2.45) is 0 Å². The molecule has 0 aliphatic heterocycles. The maximum Gasteiger partial charge on any atom is 0.303 e. The molecule has 48 heavy (non-hydrogen) atoms. The van der Waals surface area contributed by atoms with Crippen molar-refractivity contribution in [1.29, 1.82) is 0 Å². The first-order chi connectivity index (χ1) is 23.4. The predicted octanol–water partition coefficient (Wildman–Crippen LogP) is 5.39. The molecule has 9 nitrogen and oxygen atoms in total. The lowest BCUT2D eigenvalue weighted by atomic mass is 9.95. The van der Waals surface area contributed by atoms with E-state index in [2.05, 4.69) is 5.32 Å². The van der Waals surface area contributed by atoms with Crippen molar-refractivity contribution in [2.45, 2.75) is 70.7 Å². The van der Waals surface area contributed by atoms with Gasteiger partial charge in [0.2, 0.25) is 5.91 Å². The van der Waals surface area contributed by atoms with Crippen LogP contribution < -0.4 is 5.32 Å². The zero-order valence-corrected chi connectivity index (χ0v) is 27.5. The molecule has 0 spiro atoms. The van der Waals surface area contributed by atoms with Gasteiger partial charge < -0.3 is 34.1 Å². The molecule has 0 bridgehead atoms. The van der Waals surface area contributed by atoms with Crippen LogP contribution in [0.1, 0.15) is 36.1 Å². The molecule has 5 atom stereocenters. The van der Waals surface area contributed by atoms with E-state index in [1.165, 1.54) is 13.8 Å². The summed E-state index contributed by atoms with van der Waals surface area (Å²) >= 11 is 0. The van der Waals surface area contributed by atoms with E-state index in [-0.39, 0.29) is 26.4 Å². The van der Waals surface area contributed by atoms with Crippen molar-refractivity contribution < 1.29 is 38.4 Å². The van der Waals surface area contributed by atoms with E-state index in [0.29, 0.717) is 6.61 Å². The molecule has 0 aliphatic rings. The van der Waals surface area contributed by atoms with Crippen LogP contribution in [-0.2, 0) is 59.7 Å². The molecule has 1 unspecified atom stereocenters. The molecule has 4 aromatic carbocycles. The summed E-state index contributed by atoms with van der Waals surface area (Å²) in [5.41, 5.74) is 3.65. The SMILES string of the molecule is CC(=O)N[C@@H](C(OC(C)=O)[C@H](OCc1ccccc1)[C@@H](COCc1ccccc1)OCc1ccccc1)[C@H](CO)OCc1ccccc1. The molecule has 0 fully saturated rings. The molecule has 0 saturated carbocycles. The highest BCUT2D eigenvalue weighted by Gasteiger charge is 2.43. The van der Waals surface area contributed by atoms with Crippen molar-refractivity contribution >= 4 is 11.9 Å². The van der Waals surface area contributed by atoms with E-state index in [1.807, 2.05) is 121 Å². The van der Waals surface area contributed by atoms with Crippen LogP contribution in [0.25, 0.3) is 0 Å². The number of carbonyl (C=O) groups is 2. The van der Waals surface area contributed by atoms with Gasteiger partial charge >= 0.3 is 5.97 Å². The summed E-state index contributed by atoms with van der Waals surface area (Å²) < 4.78 is 31.5. The third-order valence-electron chi connectivity index (χ3n) is 7.59. The normalized spacial score (nSPS) is 14.3. The molecular weight excluding hydrogens is 610 g/mol. The first-order valence-electron chi connectivity index (χ1n) is 16.1. The minimum atomic E-state index is -1.15. The van der Waals surface area contributed by atoms with Gasteiger partial charge in [-0.05, 0) is 22.3 Å². The summed E-state index contributed by atoms with van der Waals surface area (Å²) in [4.78, 5) is 25.4. The first kappa shape index (κ1) is 36.5. The summed E-state index contributed by atoms with van der Waals surface area (Å²) in [5.74, 6) is -1.00. The van der Waals surface area contributed by atoms with Gasteiger partial charge in [-0.1, -0.05) is 121 Å². The van der Waals surface area contributed by atoms with Gasteiger partial charge in [0.25, 0.3) is 0 Å². The van der Waals surface area contributed by atoms with E-state index in [0.717, 1.165) is 22.3 Å². The van der Waals surface area contributed by atoms with Crippen LogP contribution in [0.3, 0.4) is 0 Å². The predicted molar refractivity (Wildman–Crippen MR) is 181 cm³/mol. The lowest BCUT2D eigenvalue weighted by molar-refractivity contribution is -0.191. The van der Waals surface area contributed by atoms with Gasteiger partial charge in [0.1, 0.15) is 18.3 Å². The third-order valence-corrected chi connectivity index (χ3v) is 7.59.